The standard InChI is InChI=1S/C40H25NO/c1-2-14-28-26(12-1)13-11-19-29(28)34-24-27-25-37(31-16-4-6-18-33(31)40(27)32-17-5-3-15-30(32)34)41-35-20-7-9-22-38(35)42-39-23-10-8-21-36(39)41/h1-25H. The van der Waals surface area contributed by atoms with Gasteiger partial charge in [0.05, 0.1) is 17.1 Å². The number of hydrogen-bond acceptors (Lipinski definition) is 2. The molecule has 0 fully saturated rings. The summed E-state index contributed by atoms with van der Waals surface area (Å²) in [6.07, 6.45) is 0. The molecule has 8 aromatic carbocycles. The van der Waals surface area contributed by atoms with Crippen LogP contribution in [-0.4, -0.2) is 0 Å². The molecule has 0 atom stereocenters. The average molecular weight is 536 g/mol. The zero-order valence-corrected chi connectivity index (χ0v) is 22.8. The smallest absolute Gasteiger partial charge is 0.151 e. The van der Waals surface area contributed by atoms with Gasteiger partial charge < -0.3 is 9.64 Å². The SMILES string of the molecule is c1ccc2c(c1)Oc1ccccc1N2c1cc2cc(-c3cccc4ccccc34)c3ccccc3c2c2ccccc12. The molecule has 8 aromatic rings. The number of rotatable bonds is 2. The summed E-state index contributed by atoms with van der Waals surface area (Å²) in [5.41, 5.74) is 5.72. The van der Waals surface area contributed by atoms with Gasteiger partial charge in [0.2, 0.25) is 0 Å². The molecule has 42 heavy (non-hydrogen) atoms. The minimum atomic E-state index is 0.857. The van der Waals surface area contributed by atoms with Crippen molar-refractivity contribution in [3.8, 4) is 22.6 Å². The van der Waals surface area contributed by atoms with Gasteiger partial charge in [0, 0.05) is 5.39 Å². The van der Waals surface area contributed by atoms with Gasteiger partial charge >= 0.3 is 0 Å². The van der Waals surface area contributed by atoms with Gasteiger partial charge in [0.1, 0.15) is 0 Å². The summed E-state index contributed by atoms with van der Waals surface area (Å²) in [7, 11) is 0. The summed E-state index contributed by atoms with van der Waals surface area (Å²) >= 11 is 0. The lowest BCUT2D eigenvalue weighted by atomic mass is 9.88. The number of ether oxygens (including phenoxy) is 1. The highest BCUT2D eigenvalue weighted by atomic mass is 16.5. The Morgan fingerprint density at radius 2 is 0.905 bits per heavy atom. The van der Waals surface area contributed by atoms with E-state index in [9.17, 15) is 0 Å². The molecule has 196 valence electrons. The monoisotopic (exact) mass is 535 g/mol. The molecule has 1 aliphatic rings. The third-order valence-corrected chi connectivity index (χ3v) is 8.59. The predicted octanol–water partition coefficient (Wildman–Crippen LogP) is 11.5. The summed E-state index contributed by atoms with van der Waals surface area (Å²) < 4.78 is 6.36. The van der Waals surface area contributed by atoms with E-state index in [1.807, 2.05) is 24.3 Å². The molecule has 0 saturated heterocycles. The Labute approximate surface area is 243 Å². The van der Waals surface area contributed by atoms with Crippen molar-refractivity contribution in [1.82, 2.24) is 0 Å². The van der Waals surface area contributed by atoms with Crippen LogP contribution in [0, 0.1) is 0 Å². The fourth-order valence-electron chi connectivity index (χ4n) is 6.79. The van der Waals surface area contributed by atoms with Gasteiger partial charge in [-0.05, 0) is 85.2 Å². The molecule has 1 heterocycles. The molecule has 0 bridgehead atoms. The van der Waals surface area contributed by atoms with E-state index >= 15 is 0 Å². The van der Waals surface area contributed by atoms with E-state index in [-0.39, 0.29) is 0 Å². The van der Waals surface area contributed by atoms with Crippen LogP contribution in [0.2, 0.25) is 0 Å². The zero-order valence-electron chi connectivity index (χ0n) is 22.8. The summed E-state index contributed by atoms with van der Waals surface area (Å²) in [6.45, 7) is 0. The van der Waals surface area contributed by atoms with E-state index in [1.165, 1.54) is 54.2 Å². The molecular weight excluding hydrogens is 510 g/mol. The minimum Gasteiger partial charge on any atom is -0.453 e. The van der Waals surface area contributed by atoms with Crippen molar-refractivity contribution in [2.45, 2.75) is 0 Å². The van der Waals surface area contributed by atoms with Gasteiger partial charge in [-0.2, -0.15) is 0 Å². The first-order chi connectivity index (χ1) is 20.8. The Morgan fingerprint density at radius 1 is 0.357 bits per heavy atom. The first-order valence-electron chi connectivity index (χ1n) is 14.4. The third kappa shape index (κ3) is 3.33. The number of anilines is 3. The van der Waals surface area contributed by atoms with Crippen LogP contribution in [0.3, 0.4) is 0 Å². The van der Waals surface area contributed by atoms with Crippen LogP contribution >= 0.6 is 0 Å². The zero-order chi connectivity index (χ0) is 27.6. The highest BCUT2D eigenvalue weighted by Gasteiger charge is 2.27. The third-order valence-electron chi connectivity index (χ3n) is 8.59. The van der Waals surface area contributed by atoms with E-state index < -0.39 is 0 Å². The molecule has 0 spiro atoms. The van der Waals surface area contributed by atoms with E-state index in [0.717, 1.165) is 28.6 Å². The van der Waals surface area contributed by atoms with Crippen LogP contribution in [0.4, 0.5) is 17.1 Å². The highest BCUT2D eigenvalue weighted by Crippen LogP contribution is 2.53. The second-order valence-corrected chi connectivity index (χ2v) is 10.9. The van der Waals surface area contributed by atoms with Gasteiger partial charge in [-0.25, -0.2) is 0 Å². The summed E-state index contributed by atoms with van der Waals surface area (Å²) in [5.74, 6) is 1.71. The molecule has 0 N–H and O–H groups in total. The quantitative estimate of drug-likeness (QED) is 0.204. The van der Waals surface area contributed by atoms with Crippen LogP contribution < -0.4 is 9.64 Å². The Hall–Kier alpha value is -5.60. The number of nitrogens with zero attached hydrogens (tertiary/aromatic N) is 1. The average Bonchev–Trinajstić information content (AvgIpc) is 3.06. The molecule has 0 amide bonds. The van der Waals surface area contributed by atoms with Crippen molar-refractivity contribution < 1.29 is 4.74 Å². The van der Waals surface area contributed by atoms with Gasteiger partial charge in [0.25, 0.3) is 0 Å². The topological polar surface area (TPSA) is 12.5 Å². The molecule has 0 unspecified atom stereocenters. The Balaban J connectivity index is 1.43. The molecule has 9 rings (SSSR count). The van der Waals surface area contributed by atoms with Crippen molar-refractivity contribution in [1.29, 1.82) is 0 Å². The fourth-order valence-corrected chi connectivity index (χ4v) is 6.79. The van der Waals surface area contributed by atoms with E-state index in [2.05, 4.69) is 132 Å². The molecule has 2 heteroatoms. The van der Waals surface area contributed by atoms with Gasteiger partial charge in [-0.15, -0.1) is 0 Å². The van der Waals surface area contributed by atoms with Crippen molar-refractivity contribution in [2.24, 2.45) is 0 Å². The molecule has 2 nitrogen and oxygen atoms in total. The largest absolute Gasteiger partial charge is 0.453 e. The first-order valence-corrected chi connectivity index (χ1v) is 14.4. The molecule has 1 aliphatic heterocycles. The fraction of sp³-hybridized carbons (Fsp3) is 0. The van der Waals surface area contributed by atoms with Gasteiger partial charge in [0.15, 0.2) is 11.5 Å². The minimum absolute atomic E-state index is 0.857. The van der Waals surface area contributed by atoms with E-state index in [1.54, 1.807) is 0 Å². The second kappa shape index (κ2) is 8.95. The summed E-state index contributed by atoms with van der Waals surface area (Å²) in [6, 6.07) is 54.3. The lowest BCUT2D eigenvalue weighted by Crippen LogP contribution is -2.16. The first kappa shape index (κ1) is 23.1. The lowest BCUT2D eigenvalue weighted by molar-refractivity contribution is 0.477. The molecule has 0 saturated carbocycles. The molecular formula is C40H25NO. The lowest BCUT2D eigenvalue weighted by Gasteiger charge is -2.34. The van der Waals surface area contributed by atoms with Crippen molar-refractivity contribution in [3.05, 3.63) is 152 Å². The summed E-state index contributed by atoms with van der Waals surface area (Å²) in [4.78, 5) is 2.36. The van der Waals surface area contributed by atoms with Crippen LogP contribution in [0.5, 0.6) is 11.5 Å². The molecule has 0 radical (unpaired) electrons. The van der Waals surface area contributed by atoms with Crippen molar-refractivity contribution in [2.75, 3.05) is 4.90 Å². The van der Waals surface area contributed by atoms with Gasteiger partial charge in [-0.1, -0.05) is 115 Å². The van der Waals surface area contributed by atoms with Crippen molar-refractivity contribution in [3.63, 3.8) is 0 Å². The highest BCUT2D eigenvalue weighted by molar-refractivity contribution is 6.26. The van der Waals surface area contributed by atoms with E-state index in [4.69, 9.17) is 4.74 Å². The van der Waals surface area contributed by atoms with E-state index in [0.29, 0.717) is 0 Å². The Kier molecular flexibility index (Phi) is 4.93. The summed E-state index contributed by atoms with van der Waals surface area (Å²) in [5, 5.41) is 9.99. The molecule has 0 aliphatic carbocycles. The Morgan fingerprint density at radius 3 is 1.64 bits per heavy atom. The predicted molar refractivity (Wildman–Crippen MR) is 177 cm³/mol. The maximum atomic E-state index is 6.36. The number of hydrogen-bond donors (Lipinski definition) is 0. The van der Waals surface area contributed by atoms with Crippen molar-refractivity contribution >= 4 is 60.2 Å². The van der Waals surface area contributed by atoms with Gasteiger partial charge in [-0.3, -0.25) is 0 Å². The maximum absolute atomic E-state index is 6.36. The molecule has 0 aromatic heterocycles. The number of para-hydroxylation sites is 4. The maximum Gasteiger partial charge on any atom is 0.151 e. The van der Waals surface area contributed by atoms with Crippen LogP contribution in [0.1, 0.15) is 0 Å². The number of fused-ring (bicyclic) bond motifs is 8. The van der Waals surface area contributed by atoms with Crippen LogP contribution in [0.25, 0.3) is 54.2 Å². The normalized spacial score (nSPS) is 12.4. The number of benzene rings is 8. The second-order valence-electron chi connectivity index (χ2n) is 10.9. The van der Waals surface area contributed by atoms with Crippen LogP contribution in [0.15, 0.2) is 152 Å². The van der Waals surface area contributed by atoms with Crippen LogP contribution in [-0.2, 0) is 0 Å². The Bertz CT molecular complexity index is 2300.